The van der Waals surface area contributed by atoms with E-state index in [1.54, 1.807) is 0 Å². The van der Waals surface area contributed by atoms with Crippen LogP contribution in [0.25, 0.3) is 0 Å². The maximum atomic E-state index is 11.9. The minimum Gasteiger partial charge on any atom is -0.341 e. The lowest BCUT2D eigenvalue weighted by atomic mass is 10.1. The van der Waals surface area contributed by atoms with E-state index in [9.17, 15) is 4.79 Å². The molecule has 1 unspecified atom stereocenters. The van der Waals surface area contributed by atoms with E-state index in [0.717, 1.165) is 25.9 Å². The number of piperidine rings is 1. The largest absolute Gasteiger partial charge is 0.341 e. The predicted molar refractivity (Wildman–Crippen MR) is 68.7 cm³/mol. The number of likely N-dealkylation sites (tertiary alicyclic amines) is 2. The van der Waals surface area contributed by atoms with Crippen molar-refractivity contribution in [1.29, 1.82) is 0 Å². The van der Waals surface area contributed by atoms with Crippen LogP contribution >= 0.6 is 0 Å². The molecule has 0 aromatic carbocycles. The van der Waals surface area contributed by atoms with E-state index >= 15 is 0 Å². The third kappa shape index (κ3) is 3.42. The molecule has 98 valence electrons. The quantitative estimate of drug-likeness (QED) is 0.790. The van der Waals surface area contributed by atoms with E-state index < -0.39 is 0 Å². The lowest BCUT2D eigenvalue weighted by molar-refractivity contribution is -0.130. The summed E-state index contributed by atoms with van der Waals surface area (Å²) in [7, 11) is 0. The monoisotopic (exact) mass is 239 g/mol. The van der Waals surface area contributed by atoms with Crippen molar-refractivity contribution < 1.29 is 4.79 Å². The highest BCUT2D eigenvalue weighted by atomic mass is 16.2. The average Bonchev–Trinajstić information content (AvgIpc) is 2.86. The second-order valence-corrected chi connectivity index (χ2v) is 5.27. The van der Waals surface area contributed by atoms with Gasteiger partial charge in [-0.25, -0.2) is 0 Å². The van der Waals surface area contributed by atoms with Gasteiger partial charge in [0, 0.05) is 25.6 Å². The number of rotatable bonds is 4. The average molecular weight is 239 g/mol. The summed E-state index contributed by atoms with van der Waals surface area (Å²) in [5.74, 6) is 0.301. The van der Waals surface area contributed by atoms with Crippen LogP contribution in [-0.2, 0) is 4.79 Å². The number of nitrogens with zero attached hydrogens (tertiary/aromatic N) is 2. The van der Waals surface area contributed by atoms with Crippen molar-refractivity contribution in [1.82, 2.24) is 9.80 Å². The Hall–Kier alpha value is -0.610. The number of hydrogen-bond acceptors (Lipinski definition) is 3. The molecular formula is C13H25N3O. The summed E-state index contributed by atoms with van der Waals surface area (Å²) in [6, 6.07) is 0.622. The fourth-order valence-corrected chi connectivity index (χ4v) is 2.96. The van der Waals surface area contributed by atoms with Crippen LogP contribution in [0.1, 0.15) is 38.5 Å². The summed E-state index contributed by atoms with van der Waals surface area (Å²) in [6.45, 7) is 4.98. The van der Waals surface area contributed by atoms with Crippen molar-refractivity contribution in [2.24, 2.45) is 5.73 Å². The molecule has 0 aromatic heterocycles. The van der Waals surface area contributed by atoms with Gasteiger partial charge in [-0.15, -0.1) is 0 Å². The lowest BCUT2D eigenvalue weighted by Crippen LogP contribution is -2.41. The molecule has 0 aliphatic carbocycles. The molecule has 2 saturated heterocycles. The zero-order valence-electron chi connectivity index (χ0n) is 10.7. The Morgan fingerprint density at radius 2 is 1.94 bits per heavy atom. The zero-order chi connectivity index (χ0) is 12.1. The molecule has 2 fully saturated rings. The summed E-state index contributed by atoms with van der Waals surface area (Å²) >= 11 is 0. The molecule has 1 amide bonds. The van der Waals surface area contributed by atoms with Gasteiger partial charge in [0.25, 0.3) is 0 Å². The van der Waals surface area contributed by atoms with Crippen LogP contribution in [0.4, 0.5) is 0 Å². The van der Waals surface area contributed by atoms with Crippen LogP contribution in [0.3, 0.4) is 0 Å². The van der Waals surface area contributed by atoms with Crippen molar-refractivity contribution in [3.05, 3.63) is 0 Å². The first-order chi connectivity index (χ1) is 8.31. The van der Waals surface area contributed by atoms with Gasteiger partial charge in [-0.05, 0) is 45.3 Å². The minimum atomic E-state index is 0.301. The highest BCUT2D eigenvalue weighted by molar-refractivity contribution is 5.76. The maximum absolute atomic E-state index is 11.9. The summed E-state index contributed by atoms with van der Waals surface area (Å²) in [4.78, 5) is 16.5. The Balaban J connectivity index is 1.76. The fourth-order valence-electron chi connectivity index (χ4n) is 2.96. The summed E-state index contributed by atoms with van der Waals surface area (Å²) < 4.78 is 0. The molecule has 1 atom stereocenters. The molecule has 4 heteroatoms. The zero-order valence-corrected chi connectivity index (χ0v) is 10.7. The van der Waals surface area contributed by atoms with Gasteiger partial charge >= 0.3 is 0 Å². The van der Waals surface area contributed by atoms with E-state index in [1.165, 1.54) is 32.4 Å². The second kappa shape index (κ2) is 6.36. The van der Waals surface area contributed by atoms with Gasteiger partial charge < -0.3 is 10.6 Å². The molecule has 0 radical (unpaired) electrons. The van der Waals surface area contributed by atoms with Crippen molar-refractivity contribution in [2.45, 2.75) is 44.6 Å². The number of carbonyl (C=O) groups excluding carboxylic acids is 1. The summed E-state index contributed by atoms with van der Waals surface area (Å²) in [6.07, 6.45) is 6.65. The Labute approximate surface area is 104 Å². The highest BCUT2D eigenvalue weighted by Crippen LogP contribution is 2.20. The molecule has 0 spiro atoms. The van der Waals surface area contributed by atoms with Gasteiger partial charge in [-0.1, -0.05) is 6.42 Å². The first-order valence-corrected chi connectivity index (χ1v) is 7.03. The van der Waals surface area contributed by atoms with Crippen LogP contribution in [0.2, 0.25) is 0 Å². The van der Waals surface area contributed by atoms with Crippen molar-refractivity contribution in [3.63, 3.8) is 0 Å². The van der Waals surface area contributed by atoms with E-state index in [0.29, 0.717) is 24.9 Å². The van der Waals surface area contributed by atoms with Crippen LogP contribution in [-0.4, -0.2) is 54.5 Å². The molecular weight excluding hydrogens is 214 g/mol. The summed E-state index contributed by atoms with van der Waals surface area (Å²) in [5.41, 5.74) is 5.44. The van der Waals surface area contributed by atoms with Crippen molar-refractivity contribution >= 4 is 5.91 Å². The third-order valence-electron chi connectivity index (χ3n) is 4.02. The smallest absolute Gasteiger partial charge is 0.222 e. The molecule has 0 aromatic rings. The summed E-state index contributed by atoms with van der Waals surface area (Å²) in [5, 5.41) is 0. The number of hydrogen-bond donors (Lipinski definition) is 1. The Morgan fingerprint density at radius 3 is 2.65 bits per heavy atom. The van der Waals surface area contributed by atoms with Gasteiger partial charge in [0.2, 0.25) is 5.91 Å². The maximum Gasteiger partial charge on any atom is 0.222 e. The van der Waals surface area contributed by atoms with E-state index in [2.05, 4.69) is 4.90 Å². The van der Waals surface area contributed by atoms with E-state index in [1.807, 2.05) is 4.90 Å². The van der Waals surface area contributed by atoms with Gasteiger partial charge in [0.05, 0.1) is 0 Å². The van der Waals surface area contributed by atoms with Crippen LogP contribution in [0, 0.1) is 0 Å². The van der Waals surface area contributed by atoms with Crippen LogP contribution < -0.4 is 5.73 Å². The molecule has 2 aliphatic heterocycles. The predicted octanol–water partition coefficient (Wildman–Crippen LogP) is 0.812. The second-order valence-electron chi connectivity index (χ2n) is 5.27. The molecule has 2 aliphatic rings. The topological polar surface area (TPSA) is 49.6 Å². The van der Waals surface area contributed by atoms with Crippen LogP contribution in [0.5, 0.6) is 0 Å². The first kappa shape index (κ1) is 12.8. The van der Waals surface area contributed by atoms with Gasteiger partial charge in [-0.3, -0.25) is 9.69 Å². The standard InChI is InChI=1S/C13H25N3O/c14-7-4-5-13(17)16-10-6-12(11-16)15-8-2-1-3-9-15/h12H,1-11,14H2. The molecule has 0 bridgehead atoms. The molecule has 0 saturated carbocycles. The van der Waals surface area contributed by atoms with Gasteiger partial charge in [-0.2, -0.15) is 0 Å². The molecule has 17 heavy (non-hydrogen) atoms. The Bertz CT molecular complexity index is 251. The molecule has 2 N–H and O–H groups in total. The lowest BCUT2D eigenvalue weighted by Gasteiger charge is -2.32. The minimum absolute atomic E-state index is 0.301. The number of nitrogens with two attached hydrogens (primary N) is 1. The Kier molecular flexibility index (Phi) is 4.80. The van der Waals surface area contributed by atoms with Crippen molar-refractivity contribution in [2.75, 3.05) is 32.7 Å². The first-order valence-electron chi connectivity index (χ1n) is 7.03. The molecule has 2 rings (SSSR count). The molecule has 2 heterocycles. The van der Waals surface area contributed by atoms with E-state index in [-0.39, 0.29) is 0 Å². The fraction of sp³-hybridized carbons (Fsp3) is 0.923. The number of amides is 1. The molecule has 4 nitrogen and oxygen atoms in total. The SMILES string of the molecule is NCCCC(=O)N1CCC(N2CCCCC2)C1. The van der Waals surface area contributed by atoms with Gasteiger partial charge in [0.1, 0.15) is 0 Å². The van der Waals surface area contributed by atoms with Crippen LogP contribution in [0.15, 0.2) is 0 Å². The highest BCUT2D eigenvalue weighted by Gasteiger charge is 2.30. The normalized spacial score (nSPS) is 26.4. The Morgan fingerprint density at radius 1 is 1.18 bits per heavy atom. The third-order valence-corrected chi connectivity index (χ3v) is 4.02. The van der Waals surface area contributed by atoms with E-state index in [4.69, 9.17) is 5.73 Å². The van der Waals surface area contributed by atoms with Gasteiger partial charge in [0.15, 0.2) is 0 Å². The van der Waals surface area contributed by atoms with Crippen molar-refractivity contribution in [3.8, 4) is 0 Å². The number of carbonyl (C=O) groups is 1.